The van der Waals surface area contributed by atoms with Crippen molar-refractivity contribution in [2.75, 3.05) is 20.6 Å². The molecule has 5 heteroatoms. The number of nitrogens with zero attached hydrogens (tertiary/aromatic N) is 2. The summed E-state index contributed by atoms with van der Waals surface area (Å²) in [6, 6.07) is 11.7. The van der Waals surface area contributed by atoms with Crippen LogP contribution in [0.2, 0.25) is 0 Å². The quantitative estimate of drug-likeness (QED) is 0.813. The Hall–Kier alpha value is -1.72. The Kier molecular flexibility index (Phi) is 5.69. The van der Waals surface area contributed by atoms with Crippen LogP contribution in [-0.2, 0) is 0 Å². The van der Waals surface area contributed by atoms with E-state index in [2.05, 4.69) is 20.9 Å². The normalized spacial score (nSPS) is 13.0. The minimum absolute atomic E-state index is 0.0266. The van der Waals surface area contributed by atoms with Crippen LogP contribution in [0.4, 0.5) is 4.39 Å². The molecule has 0 aliphatic heterocycles. The molecule has 0 saturated heterocycles. The van der Waals surface area contributed by atoms with Crippen LogP contribution in [-0.4, -0.2) is 36.9 Å². The lowest BCUT2D eigenvalue weighted by Crippen LogP contribution is -2.22. The van der Waals surface area contributed by atoms with Crippen LogP contribution in [0.1, 0.15) is 17.2 Å². The molecule has 0 spiro atoms. The number of hydrogen-bond acceptors (Lipinski definition) is 3. The van der Waals surface area contributed by atoms with Gasteiger partial charge >= 0.3 is 0 Å². The molecule has 116 valence electrons. The molecular formula is C17H18BrFN2O. The maximum absolute atomic E-state index is 13.4. The second-order valence-corrected chi connectivity index (χ2v) is 6.15. The first-order valence-electron chi connectivity index (χ1n) is 6.87. The number of rotatable bonds is 5. The van der Waals surface area contributed by atoms with Crippen molar-refractivity contribution >= 4 is 22.1 Å². The smallest absolute Gasteiger partial charge is 0.124 e. The fourth-order valence-corrected chi connectivity index (χ4v) is 2.54. The number of benzene rings is 2. The molecule has 22 heavy (non-hydrogen) atoms. The monoisotopic (exact) mass is 364 g/mol. The van der Waals surface area contributed by atoms with E-state index >= 15 is 0 Å². The molecule has 1 atom stereocenters. The Morgan fingerprint density at radius 3 is 2.73 bits per heavy atom. The van der Waals surface area contributed by atoms with Crippen LogP contribution in [0.5, 0.6) is 5.75 Å². The highest BCUT2D eigenvalue weighted by Gasteiger charge is 2.13. The van der Waals surface area contributed by atoms with Crippen LogP contribution in [0.3, 0.4) is 0 Å². The second-order valence-electron chi connectivity index (χ2n) is 5.23. The lowest BCUT2D eigenvalue weighted by molar-refractivity contribution is 0.306. The average molecular weight is 365 g/mol. The van der Waals surface area contributed by atoms with Gasteiger partial charge in [-0.1, -0.05) is 28.1 Å². The average Bonchev–Trinajstić information content (AvgIpc) is 2.46. The van der Waals surface area contributed by atoms with Gasteiger partial charge in [-0.15, -0.1) is 0 Å². The molecule has 0 aliphatic carbocycles. The Morgan fingerprint density at radius 1 is 1.27 bits per heavy atom. The molecule has 2 aromatic carbocycles. The zero-order valence-electron chi connectivity index (χ0n) is 12.5. The van der Waals surface area contributed by atoms with Crippen molar-refractivity contribution in [2.24, 2.45) is 4.99 Å². The maximum atomic E-state index is 13.4. The van der Waals surface area contributed by atoms with Gasteiger partial charge in [-0.05, 0) is 50.0 Å². The number of phenolic OH excluding ortho intramolecular Hbond substituents is 1. The lowest BCUT2D eigenvalue weighted by Gasteiger charge is -2.23. The number of phenols is 1. The van der Waals surface area contributed by atoms with Crippen LogP contribution in [0, 0.1) is 5.82 Å². The molecular weight excluding hydrogens is 347 g/mol. The number of likely N-dealkylation sites (N-methyl/N-ethyl adjacent to an activating group) is 1. The molecule has 0 fully saturated rings. The molecule has 0 unspecified atom stereocenters. The van der Waals surface area contributed by atoms with E-state index in [1.54, 1.807) is 30.5 Å². The zero-order chi connectivity index (χ0) is 16.1. The summed E-state index contributed by atoms with van der Waals surface area (Å²) in [6.07, 6.45) is 1.63. The topological polar surface area (TPSA) is 35.8 Å². The van der Waals surface area contributed by atoms with Crippen LogP contribution < -0.4 is 0 Å². The second kappa shape index (κ2) is 7.51. The molecule has 0 saturated carbocycles. The predicted molar refractivity (Wildman–Crippen MR) is 91.1 cm³/mol. The first kappa shape index (κ1) is 16.6. The Labute approximate surface area is 138 Å². The van der Waals surface area contributed by atoms with Crippen molar-refractivity contribution in [1.29, 1.82) is 0 Å². The van der Waals surface area contributed by atoms with Gasteiger partial charge in [0.25, 0.3) is 0 Å². The summed E-state index contributed by atoms with van der Waals surface area (Å²) in [7, 11) is 3.86. The molecule has 0 heterocycles. The Morgan fingerprint density at radius 2 is 2.05 bits per heavy atom. The van der Waals surface area contributed by atoms with Crippen molar-refractivity contribution < 1.29 is 9.50 Å². The van der Waals surface area contributed by atoms with Gasteiger partial charge in [0.05, 0.1) is 12.6 Å². The third-order valence-electron chi connectivity index (χ3n) is 3.36. The molecule has 0 aliphatic rings. The molecule has 0 aromatic heterocycles. The van der Waals surface area contributed by atoms with Crippen molar-refractivity contribution in [1.82, 2.24) is 4.90 Å². The van der Waals surface area contributed by atoms with Gasteiger partial charge in [0, 0.05) is 16.3 Å². The predicted octanol–water partition coefficient (Wildman–Crippen LogP) is 4.02. The van der Waals surface area contributed by atoms with Crippen molar-refractivity contribution in [3.05, 3.63) is 63.9 Å². The zero-order valence-corrected chi connectivity index (χ0v) is 14.1. The molecule has 2 rings (SSSR count). The van der Waals surface area contributed by atoms with E-state index in [1.807, 2.05) is 25.1 Å². The van der Waals surface area contributed by atoms with Crippen molar-refractivity contribution in [3.8, 4) is 5.75 Å². The number of aromatic hydroxyl groups is 1. The van der Waals surface area contributed by atoms with Crippen LogP contribution >= 0.6 is 15.9 Å². The fraction of sp³-hybridized carbons (Fsp3) is 0.235. The standard InChI is InChI=1S/C17H18BrFN2O/c1-21(2)16(12-4-3-5-15(19)9-12)11-20-10-13-8-14(18)6-7-17(13)22/h3-10,16,22H,11H2,1-2H3/t16-/m1/s1. The van der Waals surface area contributed by atoms with E-state index in [4.69, 9.17) is 0 Å². The molecule has 2 aromatic rings. The van der Waals surface area contributed by atoms with Crippen molar-refractivity contribution in [2.45, 2.75) is 6.04 Å². The minimum Gasteiger partial charge on any atom is -0.507 e. The van der Waals surface area contributed by atoms with Crippen LogP contribution in [0.25, 0.3) is 0 Å². The number of hydrogen-bond donors (Lipinski definition) is 1. The summed E-state index contributed by atoms with van der Waals surface area (Å²) in [5.74, 6) is -0.0722. The van der Waals surface area contributed by atoms with Crippen molar-refractivity contribution in [3.63, 3.8) is 0 Å². The molecule has 1 N–H and O–H groups in total. The van der Waals surface area contributed by atoms with Gasteiger partial charge in [0.15, 0.2) is 0 Å². The largest absolute Gasteiger partial charge is 0.507 e. The Bertz CT molecular complexity index is 673. The van der Waals surface area contributed by atoms with Gasteiger partial charge in [-0.3, -0.25) is 4.99 Å². The highest BCUT2D eigenvalue weighted by Crippen LogP contribution is 2.22. The van der Waals surface area contributed by atoms with Gasteiger partial charge in [-0.25, -0.2) is 4.39 Å². The van der Waals surface area contributed by atoms with E-state index < -0.39 is 0 Å². The summed E-state index contributed by atoms with van der Waals surface area (Å²) in [6.45, 7) is 0.475. The summed E-state index contributed by atoms with van der Waals surface area (Å²) in [5.41, 5.74) is 1.52. The highest BCUT2D eigenvalue weighted by molar-refractivity contribution is 9.10. The Balaban J connectivity index is 2.15. The van der Waals surface area contributed by atoms with E-state index in [9.17, 15) is 9.50 Å². The highest BCUT2D eigenvalue weighted by atomic mass is 79.9. The summed E-state index contributed by atoms with van der Waals surface area (Å²) in [4.78, 5) is 6.39. The third-order valence-corrected chi connectivity index (χ3v) is 3.85. The lowest BCUT2D eigenvalue weighted by atomic mass is 10.1. The molecule has 3 nitrogen and oxygen atoms in total. The molecule has 0 bridgehead atoms. The summed E-state index contributed by atoms with van der Waals surface area (Å²) < 4.78 is 14.3. The van der Waals surface area contributed by atoms with Crippen LogP contribution in [0.15, 0.2) is 51.9 Å². The van der Waals surface area contributed by atoms with E-state index in [1.165, 1.54) is 12.1 Å². The minimum atomic E-state index is -0.252. The summed E-state index contributed by atoms with van der Waals surface area (Å²) >= 11 is 3.36. The number of aliphatic imine (C=N–C) groups is 1. The van der Waals surface area contributed by atoms with E-state index in [0.717, 1.165) is 10.0 Å². The van der Waals surface area contributed by atoms with Gasteiger partial charge in [0.2, 0.25) is 0 Å². The molecule has 0 amide bonds. The maximum Gasteiger partial charge on any atom is 0.124 e. The fourth-order valence-electron chi connectivity index (χ4n) is 2.16. The first-order valence-corrected chi connectivity index (χ1v) is 7.67. The van der Waals surface area contributed by atoms with Gasteiger partial charge < -0.3 is 10.0 Å². The molecule has 0 radical (unpaired) electrons. The third kappa shape index (κ3) is 4.39. The van der Waals surface area contributed by atoms with Gasteiger partial charge in [0.1, 0.15) is 11.6 Å². The first-order chi connectivity index (χ1) is 10.5. The van der Waals surface area contributed by atoms with Gasteiger partial charge in [-0.2, -0.15) is 0 Å². The van der Waals surface area contributed by atoms with E-state index in [0.29, 0.717) is 12.1 Å². The SMILES string of the molecule is CN(C)[C@H](CN=Cc1cc(Br)ccc1O)c1cccc(F)c1. The summed E-state index contributed by atoms with van der Waals surface area (Å²) in [5, 5.41) is 9.79. The number of halogens is 2. The van der Waals surface area contributed by atoms with E-state index in [-0.39, 0.29) is 17.6 Å².